The van der Waals surface area contributed by atoms with Crippen molar-refractivity contribution in [1.29, 1.82) is 0 Å². The van der Waals surface area contributed by atoms with E-state index in [9.17, 15) is 0 Å². The average molecular weight is 268 g/mol. The lowest BCUT2D eigenvalue weighted by Crippen LogP contribution is -2.49. The maximum atomic E-state index is 5.93. The van der Waals surface area contributed by atoms with Crippen molar-refractivity contribution in [2.75, 3.05) is 19.6 Å². The van der Waals surface area contributed by atoms with Gasteiger partial charge in [0.2, 0.25) is 0 Å². The van der Waals surface area contributed by atoms with Crippen molar-refractivity contribution in [3.05, 3.63) is 0 Å². The van der Waals surface area contributed by atoms with E-state index in [1.54, 1.807) is 0 Å². The van der Waals surface area contributed by atoms with Crippen molar-refractivity contribution in [2.24, 2.45) is 22.5 Å². The summed E-state index contributed by atoms with van der Waals surface area (Å²) in [7, 11) is 0. The van der Waals surface area contributed by atoms with Crippen LogP contribution in [-0.2, 0) is 0 Å². The van der Waals surface area contributed by atoms with E-state index < -0.39 is 0 Å². The number of hydrogen-bond donors (Lipinski definition) is 1. The van der Waals surface area contributed by atoms with Crippen molar-refractivity contribution in [2.45, 2.75) is 73.3 Å². The molecule has 0 aromatic rings. The number of rotatable bonds is 6. The van der Waals surface area contributed by atoms with Crippen LogP contribution in [0.1, 0.15) is 67.2 Å². The lowest BCUT2D eigenvalue weighted by molar-refractivity contribution is 0.0380. The van der Waals surface area contributed by atoms with E-state index in [0.717, 1.165) is 25.0 Å². The Hall–Kier alpha value is -0.0800. The molecule has 1 aliphatic rings. The summed E-state index contributed by atoms with van der Waals surface area (Å²) in [5, 5.41) is 0. The zero-order chi connectivity index (χ0) is 14.7. The Morgan fingerprint density at radius 3 is 2.42 bits per heavy atom. The van der Waals surface area contributed by atoms with Crippen LogP contribution >= 0.6 is 0 Å². The first kappa shape index (κ1) is 17.0. The van der Waals surface area contributed by atoms with Crippen LogP contribution in [0.4, 0.5) is 0 Å². The number of nitrogens with zero attached hydrogens (tertiary/aromatic N) is 1. The van der Waals surface area contributed by atoms with Crippen LogP contribution in [0.5, 0.6) is 0 Å². The van der Waals surface area contributed by atoms with Gasteiger partial charge in [-0.1, -0.05) is 41.5 Å². The normalized spacial score (nSPS) is 27.8. The Morgan fingerprint density at radius 2 is 1.95 bits per heavy atom. The first-order chi connectivity index (χ1) is 8.71. The molecule has 0 bridgehead atoms. The summed E-state index contributed by atoms with van der Waals surface area (Å²) in [4.78, 5) is 2.73. The first-order valence-electron chi connectivity index (χ1n) is 8.15. The molecule has 2 nitrogen and oxygen atoms in total. The van der Waals surface area contributed by atoms with Crippen molar-refractivity contribution in [3.63, 3.8) is 0 Å². The molecular formula is C17H36N2. The number of hydrogen-bond acceptors (Lipinski definition) is 2. The van der Waals surface area contributed by atoms with Crippen LogP contribution in [0.25, 0.3) is 0 Å². The third kappa shape index (κ3) is 5.07. The largest absolute Gasteiger partial charge is 0.330 e. The maximum absolute atomic E-state index is 5.93. The highest BCUT2D eigenvalue weighted by atomic mass is 15.2. The summed E-state index contributed by atoms with van der Waals surface area (Å²) in [6, 6.07) is 0.763. The fraction of sp³-hybridized carbons (Fsp3) is 1.00. The van der Waals surface area contributed by atoms with Gasteiger partial charge in [-0.3, -0.25) is 4.90 Å². The highest BCUT2D eigenvalue weighted by Gasteiger charge is 2.36. The highest BCUT2D eigenvalue weighted by Crippen LogP contribution is 2.40. The molecule has 1 fully saturated rings. The zero-order valence-corrected chi connectivity index (χ0v) is 14.1. The Kier molecular flexibility index (Phi) is 5.88. The molecule has 0 aromatic heterocycles. The summed E-state index contributed by atoms with van der Waals surface area (Å²) in [5.74, 6) is 0.809. The predicted molar refractivity (Wildman–Crippen MR) is 85.3 cm³/mol. The van der Waals surface area contributed by atoms with Gasteiger partial charge in [-0.15, -0.1) is 0 Å². The van der Waals surface area contributed by atoms with E-state index in [4.69, 9.17) is 5.73 Å². The van der Waals surface area contributed by atoms with Crippen LogP contribution in [0, 0.1) is 16.7 Å². The standard InChI is InChI=1S/C17H36N2/c1-7-10-19(13-17(5,6)12-18)15-8-9-16(3,4)11-14(15)2/h14-15H,7-13,18H2,1-6H3. The first-order valence-corrected chi connectivity index (χ1v) is 8.15. The zero-order valence-electron chi connectivity index (χ0n) is 14.1. The Labute approximate surface area is 121 Å². The minimum atomic E-state index is 0.238. The quantitative estimate of drug-likeness (QED) is 0.791. The molecule has 1 aliphatic carbocycles. The number of nitrogens with two attached hydrogens (primary N) is 1. The molecule has 0 saturated heterocycles. The second-order valence-electron chi connectivity index (χ2n) is 8.29. The van der Waals surface area contributed by atoms with Gasteiger partial charge in [-0.25, -0.2) is 0 Å². The molecule has 2 N–H and O–H groups in total. The molecule has 0 heterocycles. The fourth-order valence-corrected chi connectivity index (χ4v) is 3.74. The van der Waals surface area contributed by atoms with Gasteiger partial charge in [-0.05, 0) is 55.5 Å². The van der Waals surface area contributed by atoms with Gasteiger partial charge in [0, 0.05) is 12.6 Å². The SMILES string of the molecule is CCCN(CC(C)(C)CN)C1CCC(C)(C)CC1C. The summed E-state index contributed by atoms with van der Waals surface area (Å²) in [6.07, 6.45) is 5.33. The molecule has 2 unspecified atom stereocenters. The molecule has 2 heteroatoms. The molecule has 1 saturated carbocycles. The minimum absolute atomic E-state index is 0.238. The Bertz CT molecular complexity index is 270. The van der Waals surface area contributed by atoms with Crippen LogP contribution in [0.3, 0.4) is 0 Å². The summed E-state index contributed by atoms with van der Waals surface area (Å²) >= 11 is 0. The molecule has 2 atom stereocenters. The molecule has 0 aromatic carbocycles. The monoisotopic (exact) mass is 268 g/mol. The predicted octanol–water partition coefficient (Wildman–Crippen LogP) is 3.90. The molecule has 0 amide bonds. The van der Waals surface area contributed by atoms with Gasteiger partial charge in [-0.2, -0.15) is 0 Å². The molecule has 0 aliphatic heterocycles. The van der Waals surface area contributed by atoms with Crippen molar-refractivity contribution >= 4 is 0 Å². The Morgan fingerprint density at radius 1 is 1.32 bits per heavy atom. The third-order valence-electron chi connectivity index (χ3n) is 4.81. The van der Waals surface area contributed by atoms with Gasteiger partial charge in [0.05, 0.1) is 0 Å². The van der Waals surface area contributed by atoms with Gasteiger partial charge in [0.25, 0.3) is 0 Å². The smallest absolute Gasteiger partial charge is 0.0121 e. The lowest BCUT2D eigenvalue weighted by atomic mass is 9.70. The summed E-state index contributed by atoms with van der Waals surface area (Å²) in [6.45, 7) is 17.3. The van der Waals surface area contributed by atoms with Crippen LogP contribution in [0.15, 0.2) is 0 Å². The topological polar surface area (TPSA) is 29.3 Å². The van der Waals surface area contributed by atoms with E-state index in [0.29, 0.717) is 5.41 Å². The summed E-state index contributed by atoms with van der Waals surface area (Å²) < 4.78 is 0. The molecule has 0 spiro atoms. The van der Waals surface area contributed by atoms with Crippen molar-refractivity contribution in [3.8, 4) is 0 Å². The summed E-state index contributed by atoms with van der Waals surface area (Å²) in [5.41, 5.74) is 6.71. The van der Waals surface area contributed by atoms with E-state index in [2.05, 4.69) is 46.4 Å². The molecule has 0 radical (unpaired) electrons. The molecule has 19 heavy (non-hydrogen) atoms. The van der Waals surface area contributed by atoms with Crippen LogP contribution in [0.2, 0.25) is 0 Å². The second kappa shape index (κ2) is 6.58. The fourth-order valence-electron chi connectivity index (χ4n) is 3.74. The maximum Gasteiger partial charge on any atom is 0.0121 e. The van der Waals surface area contributed by atoms with E-state index in [1.807, 2.05) is 0 Å². The third-order valence-corrected chi connectivity index (χ3v) is 4.81. The van der Waals surface area contributed by atoms with Gasteiger partial charge >= 0.3 is 0 Å². The van der Waals surface area contributed by atoms with Gasteiger partial charge in [0.15, 0.2) is 0 Å². The minimum Gasteiger partial charge on any atom is -0.330 e. The van der Waals surface area contributed by atoms with E-state index >= 15 is 0 Å². The lowest BCUT2D eigenvalue weighted by Gasteiger charge is -2.46. The van der Waals surface area contributed by atoms with Gasteiger partial charge < -0.3 is 5.73 Å². The average Bonchev–Trinajstić information content (AvgIpc) is 2.27. The second-order valence-corrected chi connectivity index (χ2v) is 8.29. The van der Waals surface area contributed by atoms with E-state index in [1.165, 1.54) is 32.2 Å². The molecule has 1 rings (SSSR count). The van der Waals surface area contributed by atoms with Gasteiger partial charge in [0.1, 0.15) is 0 Å². The molecular weight excluding hydrogens is 232 g/mol. The molecule has 114 valence electrons. The van der Waals surface area contributed by atoms with Crippen molar-refractivity contribution < 1.29 is 0 Å². The highest BCUT2D eigenvalue weighted by molar-refractivity contribution is 4.90. The van der Waals surface area contributed by atoms with Crippen LogP contribution in [-0.4, -0.2) is 30.6 Å². The Balaban J connectivity index is 2.71. The van der Waals surface area contributed by atoms with E-state index in [-0.39, 0.29) is 5.41 Å². The van der Waals surface area contributed by atoms with Crippen molar-refractivity contribution in [1.82, 2.24) is 4.90 Å². The van der Waals surface area contributed by atoms with Crippen LogP contribution < -0.4 is 5.73 Å².